The van der Waals surface area contributed by atoms with E-state index in [2.05, 4.69) is 35.0 Å². The second kappa shape index (κ2) is 5.35. The van der Waals surface area contributed by atoms with E-state index in [0.717, 1.165) is 36.1 Å². The van der Waals surface area contributed by atoms with Crippen LogP contribution in [-0.2, 0) is 0 Å². The Hall–Kier alpha value is -1.32. The summed E-state index contributed by atoms with van der Waals surface area (Å²) in [6.45, 7) is 5.09. The predicted molar refractivity (Wildman–Crippen MR) is 78.3 cm³/mol. The van der Waals surface area contributed by atoms with Crippen molar-refractivity contribution in [2.75, 3.05) is 19.6 Å². The van der Waals surface area contributed by atoms with Crippen LogP contribution in [0.15, 0.2) is 24.4 Å². The number of benzene rings is 1. The van der Waals surface area contributed by atoms with Crippen molar-refractivity contribution in [1.29, 1.82) is 0 Å². The average molecular weight is 258 g/mol. The molecular weight excluding hydrogens is 236 g/mol. The lowest BCUT2D eigenvalue weighted by atomic mass is 10.0. The number of piperidine rings is 1. The van der Waals surface area contributed by atoms with Gasteiger partial charge in [-0.15, -0.1) is 0 Å². The first-order valence-electron chi connectivity index (χ1n) is 7.22. The summed E-state index contributed by atoms with van der Waals surface area (Å²) in [5.41, 5.74) is 3.38. The molecule has 0 spiro atoms. The molecule has 1 saturated heterocycles. The predicted octanol–water partition coefficient (Wildman–Crippen LogP) is 3.00. The summed E-state index contributed by atoms with van der Waals surface area (Å²) < 4.78 is 0. The van der Waals surface area contributed by atoms with Crippen LogP contribution in [0.5, 0.6) is 0 Å². The van der Waals surface area contributed by atoms with Gasteiger partial charge in [-0.05, 0) is 45.0 Å². The molecular formula is C16H22N2O. The highest BCUT2D eigenvalue weighted by atomic mass is 16.3. The topological polar surface area (TPSA) is 39.3 Å². The molecule has 1 fully saturated rings. The minimum Gasteiger partial charge on any atom is -0.387 e. The Bertz CT molecular complexity index is 555. The molecule has 3 rings (SSSR count). The molecule has 3 nitrogen and oxygen atoms in total. The zero-order valence-electron chi connectivity index (χ0n) is 11.5. The summed E-state index contributed by atoms with van der Waals surface area (Å²) in [6.07, 6.45) is 5.42. The minimum absolute atomic E-state index is 0.395. The van der Waals surface area contributed by atoms with Gasteiger partial charge in [0.25, 0.3) is 0 Å². The molecule has 19 heavy (non-hydrogen) atoms. The van der Waals surface area contributed by atoms with Gasteiger partial charge in [-0.2, -0.15) is 0 Å². The number of β-amino-alcohol motifs (C(OH)–C–C–N with tert-alkyl or cyclic N) is 1. The number of H-pyrrole nitrogens is 1. The number of aromatic nitrogens is 1. The maximum absolute atomic E-state index is 10.5. The maximum Gasteiger partial charge on any atom is 0.0937 e. The Kier molecular flexibility index (Phi) is 3.58. The lowest BCUT2D eigenvalue weighted by Crippen LogP contribution is -2.33. The number of hydrogen-bond donors (Lipinski definition) is 2. The molecule has 2 aromatic rings. The first-order chi connectivity index (χ1) is 9.24. The zero-order chi connectivity index (χ0) is 13.2. The molecule has 0 aliphatic carbocycles. The third-order valence-corrected chi connectivity index (χ3v) is 4.11. The molecule has 0 radical (unpaired) electrons. The fourth-order valence-corrected chi connectivity index (χ4v) is 3.02. The summed E-state index contributed by atoms with van der Waals surface area (Å²) in [6, 6.07) is 6.34. The van der Waals surface area contributed by atoms with Crippen molar-refractivity contribution in [2.24, 2.45) is 0 Å². The van der Waals surface area contributed by atoms with Crippen LogP contribution in [0.2, 0.25) is 0 Å². The van der Waals surface area contributed by atoms with Crippen LogP contribution >= 0.6 is 0 Å². The van der Waals surface area contributed by atoms with Crippen LogP contribution in [0, 0.1) is 6.92 Å². The number of fused-ring (bicyclic) bond motifs is 1. The summed E-state index contributed by atoms with van der Waals surface area (Å²) in [5.74, 6) is 0. The van der Waals surface area contributed by atoms with Gasteiger partial charge in [-0.3, -0.25) is 0 Å². The van der Waals surface area contributed by atoms with Crippen molar-refractivity contribution in [3.63, 3.8) is 0 Å². The number of aliphatic hydroxyl groups is 1. The maximum atomic E-state index is 10.5. The van der Waals surface area contributed by atoms with Crippen LogP contribution < -0.4 is 0 Å². The second-order valence-corrected chi connectivity index (χ2v) is 5.67. The molecule has 2 heterocycles. The lowest BCUT2D eigenvalue weighted by molar-refractivity contribution is 0.102. The minimum atomic E-state index is -0.395. The van der Waals surface area contributed by atoms with Gasteiger partial charge in [0.1, 0.15) is 0 Å². The van der Waals surface area contributed by atoms with Crippen molar-refractivity contribution in [2.45, 2.75) is 32.3 Å². The van der Waals surface area contributed by atoms with Gasteiger partial charge in [0.2, 0.25) is 0 Å². The third-order valence-electron chi connectivity index (χ3n) is 4.11. The molecule has 1 unspecified atom stereocenters. The van der Waals surface area contributed by atoms with Gasteiger partial charge >= 0.3 is 0 Å². The number of aliphatic hydroxyl groups excluding tert-OH is 1. The molecule has 3 heteroatoms. The fraction of sp³-hybridized carbons (Fsp3) is 0.500. The zero-order valence-corrected chi connectivity index (χ0v) is 11.5. The van der Waals surface area contributed by atoms with Gasteiger partial charge in [-0.25, -0.2) is 0 Å². The SMILES string of the molecule is Cc1ccc2[nH]cc(C(O)CN3CCCCC3)c2c1. The van der Waals surface area contributed by atoms with E-state index < -0.39 is 6.10 Å². The Labute approximate surface area is 114 Å². The van der Waals surface area contributed by atoms with Gasteiger partial charge < -0.3 is 15.0 Å². The molecule has 0 saturated carbocycles. The number of rotatable bonds is 3. The molecule has 1 aromatic heterocycles. The third kappa shape index (κ3) is 2.67. The van der Waals surface area contributed by atoms with Crippen molar-refractivity contribution in [3.8, 4) is 0 Å². The van der Waals surface area contributed by atoms with Crippen molar-refractivity contribution in [3.05, 3.63) is 35.5 Å². The molecule has 1 aliphatic rings. The summed E-state index contributed by atoms with van der Waals surface area (Å²) in [4.78, 5) is 5.63. The molecule has 1 aliphatic heterocycles. The normalized spacial score (nSPS) is 18.8. The van der Waals surface area contributed by atoms with Crippen LogP contribution in [0.4, 0.5) is 0 Å². The first kappa shape index (κ1) is 12.7. The Morgan fingerprint density at radius 3 is 2.84 bits per heavy atom. The Balaban J connectivity index is 1.80. The standard InChI is InChI=1S/C16H22N2O/c1-12-5-6-15-13(9-12)14(10-17-15)16(19)11-18-7-3-2-4-8-18/h5-6,9-10,16-17,19H,2-4,7-8,11H2,1H3. The number of nitrogens with one attached hydrogen (secondary N) is 1. The molecule has 1 atom stereocenters. The second-order valence-electron chi connectivity index (χ2n) is 5.67. The van der Waals surface area contributed by atoms with E-state index in [4.69, 9.17) is 0 Å². The lowest BCUT2D eigenvalue weighted by Gasteiger charge is -2.28. The molecule has 2 N–H and O–H groups in total. The molecule has 0 bridgehead atoms. The number of likely N-dealkylation sites (tertiary alicyclic amines) is 1. The highest BCUT2D eigenvalue weighted by Crippen LogP contribution is 2.26. The van der Waals surface area contributed by atoms with Gasteiger partial charge in [-0.1, -0.05) is 18.1 Å². The summed E-state index contributed by atoms with van der Waals surface area (Å²) in [7, 11) is 0. The largest absolute Gasteiger partial charge is 0.387 e. The quantitative estimate of drug-likeness (QED) is 0.888. The van der Waals surface area contributed by atoms with E-state index >= 15 is 0 Å². The molecule has 1 aromatic carbocycles. The number of hydrogen-bond acceptors (Lipinski definition) is 2. The van der Waals surface area contributed by atoms with E-state index in [-0.39, 0.29) is 0 Å². The smallest absolute Gasteiger partial charge is 0.0937 e. The van der Waals surface area contributed by atoms with Crippen molar-refractivity contribution < 1.29 is 5.11 Å². The van der Waals surface area contributed by atoms with E-state index in [1.807, 2.05) is 6.20 Å². The van der Waals surface area contributed by atoms with Crippen LogP contribution in [0.1, 0.15) is 36.5 Å². The van der Waals surface area contributed by atoms with E-state index in [9.17, 15) is 5.11 Å². The highest BCUT2D eigenvalue weighted by Gasteiger charge is 2.18. The monoisotopic (exact) mass is 258 g/mol. The summed E-state index contributed by atoms with van der Waals surface area (Å²) in [5, 5.41) is 11.6. The van der Waals surface area contributed by atoms with Gasteiger partial charge in [0.15, 0.2) is 0 Å². The highest BCUT2D eigenvalue weighted by molar-refractivity contribution is 5.84. The van der Waals surface area contributed by atoms with Crippen molar-refractivity contribution >= 4 is 10.9 Å². The first-order valence-corrected chi connectivity index (χ1v) is 7.22. The number of aromatic amines is 1. The Morgan fingerprint density at radius 2 is 2.05 bits per heavy atom. The van der Waals surface area contributed by atoms with Crippen LogP contribution in [-0.4, -0.2) is 34.6 Å². The molecule has 0 amide bonds. The number of nitrogens with zero attached hydrogens (tertiary/aromatic N) is 1. The van der Waals surface area contributed by atoms with Crippen molar-refractivity contribution in [1.82, 2.24) is 9.88 Å². The average Bonchev–Trinajstić information content (AvgIpc) is 2.82. The van der Waals surface area contributed by atoms with Crippen LogP contribution in [0.25, 0.3) is 10.9 Å². The fourth-order valence-electron chi connectivity index (χ4n) is 3.02. The molecule has 102 valence electrons. The van der Waals surface area contributed by atoms with Crippen LogP contribution in [0.3, 0.4) is 0 Å². The van der Waals surface area contributed by atoms with Gasteiger partial charge in [0.05, 0.1) is 6.10 Å². The van der Waals surface area contributed by atoms with E-state index in [1.54, 1.807) is 0 Å². The Morgan fingerprint density at radius 1 is 1.26 bits per heavy atom. The summed E-state index contributed by atoms with van der Waals surface area (Å²) >= 11 is 0. The van der Waals surface area contributed by atoms with Gasteiger partial charge in [0, 0.05) is 29.2 Å². The number of aryl methyl sites for hydroxylation is 1. The van der Waals surface area contributed by atoms with E-state index in [1.165, 1.54) is 24.8 Å². The van der Waals surface area contributed by atoms with E-state index in [0.29, 0.717) is 0 Å².